The van der Waals surface area contributed by atoms with Crippen molar-refractivity contribution in [1.29, 1.82) is 0 Å². The van der Waals surface area contributed by atoms with Gasteiger partial charge in [-0.05, 0) is 11.5 Å². The van der Waals surface area contributed by atoms with Crippen LogP contribution in [0.1, 0.15) is 26.3 Å². The molecule has 0 spiro atoms. The number of hydrogen-bond acceptors (Lipinski definition) is 1. The Morgan fingerprint density at radius 3 is 2.36 bits per heavy atom. The molecule has 0 aromatic heterocycles. The molecule has 0 heterocycles. The second-order valence-electron chi connectivity index (χ2n) is 4.28. The summed E-state index contributed by atoms with van der Waals surface area (Å²) in [7, 11) is 0. The first kappa shape index (κ1) is 10.8. The van der Waals surface area contributed by atoms with Crippen molar-refractivity contribution in [2.24, 2.45) is 5.41 Å². The van der Waals surface area contributed by atoms with Gasteiger partial charge in [-0.2, -0.15) is 0 Å². The molecule has 76 valence electrons. The van der Waals surface area contributed by atoms with Crippen LogP contribution < -0.4 is 5.11 Å². The molecule has 0 radical (unpaired) electrons. The van der Waals surface area contributed by atoms with Crippen molar-refractivity contribution >= 4 is 6.08 Å². The van der Waals surface area contributed by atoms with E-state index in [4.69, 9.17) is 0 Å². The van der Waals surface area contributed by atoms with E-state index in [2.05, 4.69) is 0 Å². The third-order valence-electron chi connectivity index (χ3n) is 1.93. The second kappa shape index (κ2) is 3.82. The number of rotatable bonds is 1. The summed E-state index contributed by atoms with van der Waals surface area (Å²) in [4.78, 5) is 0. The molecule has 0 saturated carbocycles. The summed E-state index contributed by atoms with van der Waals surface area (Å²) in [5.41, 5.74) is -0.102. The fourth-order valence-electron chi connectivity index (χ4n) is 0.950. The molecule has 0 bridgehead atoms. The summed E-state index contributed by atoms with van der Waals surface area (Å²) in [6, 6.07) is 6.26. The molecule has 0 fully saturated rings. The Kier molecular flexibility index (Phi) is 2.94. The van der Waals surface area contributed by atoms with Crippen LogP contribution in [0, 0.1) is 11.2 Å². The number of halogens is 1. The Balaban J connectivity index is 3.04. The number of hydrogen-bond donors (Lipinski definition) is 0. The molecule has 2 heteroatoms. The van der Waals surface area contributed by atoms with Gasteiger partial charge in [-0.3, -0.25) is 0 Å². The van der Waals surface area contributed by atoms with Crippen LogP contribution in [0.5, 0.6) is 0 Å². The number of benzene rings is 1. The van der Waals surface area contributed by atoms with Crippen molar-refractivity contribution in [2.75, 3.05) is 0 Å². The van der Waals surface area contributed by atoms with Gasteiger partial charge in [0.15, 0.2) is 0 Å². The SMILES string of the molecule is CC(C)(C)/C([O-])=C/c1ccccc1F. The monoisotopic (exact) mass is 193 g/mol. The van der Waals surface area contributed by atoms with Gasteiger partial charge in [-0.1, -0.05) is 45.0 Å². The molecule has 1 rings (SSSR count). The first-order valence-corrected chi connectivity index (χ1v) is 4.55. The summed E-state index contributed by atoms with van der Waals surface area (Å²) in [6.45, 7) is 5.44. The summed E-state index contributed by atoms with van der Waals surface area (Å²) in [5, 5.41) is 11.6. The van der Waals surface area contributed by atoms with Crippen LogP contribution in [0.4, 0.5) is 4.39 Å². The lowest BCUT2D eigenvalue weighted by Gasteiger charge is -2.28. The Bertz CT molecular complexity index is 348. The molecule has 0 aliphatic carbocycles. The van der Waals surface area contributed by atoms with Gasteiger partial charge >= 0.3 is 0 Å². The predicted molar refractivity (Wildman–Crippen MR) is 53.8 cm³/mol. The molecular formula is C12H14FO-. The standard InChI is InChI=1S/C12H15FO/c1-12(2,3)11(14)8-9-6-4-5-7-10(9)13/h4-8,14H,1-3H3/p-1/b11-8-. The number of allylic oxidation sites excluding steroid dienone is 1. The lowest BCUT2D eigenvalue weighted by molar-refractivity contribution is -0.320. The maximum atomic E-state index is 13.2. The Morgan fingerprint density at radius 1 is 1.29 bits per heavy atom. The molecule has 0 aliphatic heterocycles. The minimum absolute atomic E-state index is 0.0670. The highest BCUT2D eigenvalue weighted by Crippen LogP contribution is 2.23. The van der Waals surface area contributed by atoms with Crippen molar-refractivity contribution in [3.8, 4) is 0 Å². The average Bonchev–Trinajstić information content (AvgIpc) is 2.07. The van der Waals surface area contributed by atoms with Crippen molar-refractivity contribution in [3.05, 3.63) is 41.4 Å². The van der Waals surface area contributed by atoms with E-state index in [0.717, 1.165) is 0 Å². The fourth-order valence-corrected chi connectivity index (χ4v) is 0.950. The lowest BCUT2D eigenvalue weighted by Crippen LogP contribution is -2.20. The van der Waals surface area contributed by atoms with Crippen LogP contribution in [0.25, 0.3) is 6.08 Å². The van der Waals surface area contributed by atoms with Crippen LogP contribution in [-0.2, 0) is 0 Å². The zero-order valence-electron chi connectivity index (χ0n) is 8.67. The van der Waals surface area contributed by atoms with Crippen LogP contribution >= 0.6 is 0 Å². The molecule has 0 N–H and O–H groups in total. The summed E-state index contributed by atoms with van der Waals surface area (Å²) in [6.07, 6.45) is 1.36. The van der Waals surface area contributed by atoms with Gasteiger partial charge in [0.25, 0.3) is 0 Å². The van der Waals surface area contributed by atoms with Crippen LogP contribution in [0.3, 0.4) is 0 Å². The first-order chi connectivity index (χ1) is 6.41. The molecule has 0 aliphatic rings. The van der Waals surface area contributed by atoms with E-state index in [1.807, 2.05) is 20.8 Å². The second-order valence-corrected chi connectivity index (χ2v) is 4.28. The normalized spacial score (nSPS) is 13.0. The molecule has 1 aromatic rings. The van der Waals surface area contributed by atoms with E-state index in [1.165, 1.54) is 12.1 Å². The first-order valence-electron chi connectivity index (χ1n) is 4.55. The van der Waals surface area contributed by atoms with Gasteiger partial charge in [-0.15, -0.1) is 5.76 Å². The largest absolute Gasteiger partial charge is 0.875 e. The molecule has 1 aromatic carbocycles. The smallest absolute Gasteiger partial charge is 0.130 e. The fraction of sp³-hybridized carbons (Fsp3) is 0.333. The van der Waals surface area contributed by atoms with Crippen LogP contribution in [0.2, 0.25) is 0 Å². The van der Waals surface area contributed by atoms with E-state index >= 15 is 0 Å². The molecule has 14 heavy (non-hydrogen) atoms. The zero-order valence-corrected chi connectivity index (χ0v) is 8.67. The molecule has 1 nitrogen and oxygen atoms in total. The van der Waals surface area contributed by atoms with E-state index < -0.39 is 5.41 Å². The van der Waals surface area contributed by atoms with Gasteiger partial charge in [-0.25, -0.2) is 4.39 Å². The Morgan fingerprint density at radius 2 is 1.86 bits per heavy atom. The van der Waals surface area contributed by atoms with E-state index in [-0.39, 0.29) is 11.6 Å². The van der Waals surface area contributed by atoms with E-state index in [0.29, 0.717) is 5.56 Å². The third kappa shape index (κ3) is 2.59. The minimum Gasteiger partial charge on any atom is -0.875 e. The van der Waals surface area contributed by atoms with Gasteiger partial charge < -0.3 is 5.11 Å². The van der Waals surface area contributed by atoms with Crippen molar-refractivity contribution in [1.82, 2.24) is 0 Å². The summed E-state index contributed by atoms with van der Waals surface area (Å²) < 4.78 is 13.2. The Hall–Kier alpha value is -1.31. The van der Waals surface area contributed by atoms with Gasteiger partial charge in [0.2, 0.25) is 0 Å². The quantitative estimate of drug-likeness (QED) is 0.628. The lowest BCUT2D eigenvalue weighted by atomic mass is 9.92. The highest BCUT2D eigenvalue weighted by Gasteiger charge is 2.08. The van der Waals surface area contributed by atoms with Gasteiger partial charge in [0.1, 0.15) is 5.82 Å². The van der Waals surface area contributed by atoms with Gasteiger partial charge in [0.05, 0.1) is 0 Å². The van der Waals surface area contributed by atoms with E-state index in [1.54, 1.807) is 18.2 Å². The molecule has 0 saturated heterocycles. The maximum Gasteiger partial charge on any atom is 0.130 e. The third-order valence-corrected chi connectivity index (χ3v) is 1.93. The highest BCUT2D eigenvalue weighted by molar-refractivity contribution is 5.52. The van der Waals surface area contributed by atoms with Crippen LogP contribution in [0.15, 0.2) is 30.0 Å². The predicted octanol–water partition coefficient (Wildman–Crippen LogP) is 2.57. The zero-order chi connectivity index (χ0) is 10.8. The molecule has 0 unspecified atom stereocenters. The van der Waals surface area contributed by atoms with Crippen molar-refractivity contribution in [3.63, 3.8) is 0 Å². The van der Waals surface area contributed by atoms with Crippen molar-refractivity contribution in [2.45, 2.75) is 20.8 Å². The van der Waals surface area contributed by atoms with Crippen molar-refractivity contribution < 1.29 is 9.50 Å². The van der Waals surface area contributed by atoms with Crippen LogP contribution in [-0.4, -0.2) is 0 Å². The summed E-state index contributed by atoms with van der Waals surface area (Å²) >= 11 is 0. The topological polar surface area (TPSA) is 23.1 Å². The van der Waals surface area contributed by atoms with E-state index in [9.17, 15) is 9.50 Å². The molecule has 0 atom stereocenters. The average molecular weight is 193 g/mol. The molecule has 0 amide bonds. The molecular weight excluding hydrogens is 179 g/mol. The van der Waals surface area contributed by atoms with Gasteiger partial charge in [0, 0.05) is 5.56 Å². The minimum atomic E-state index is -0.456. The Labute approximate surface area is 83.9 Å². The highest BCUT2D eigenvalue weighted by atomic mass is 19.1. The maximum absolute atomic E-state index is 13.2. The summed E-state index contributed by atoms with van der Waals surface area (Å²) in [5.74, 6) is -0.423.